The molecule has 0 spiro atoms. The number of benzene rings is 1. The van der Waals surface area contributed by atoms with Crippen molar-refractivity contribution < 1.29 is 4.79 Å². The SMILES string of the molecule is CCCCc1ccc(C(=O)/C=C\Nc2ccc(I)cc2)s1. The van der Waals surface area contributed by atoms with Crippen molar-refractivity contribution in [2.24, 2.45) is 0 Å². The summed E-state index contributed by atoms with van der Waals surface area (Å²) in [6.07, 6.45) is 6.72. The number of rotatable bonds is 7. The maximum absolute atomic E-state index is 12.1. The number of thiophene rings is 1. The number of carbonyl (C=O) groups is 1. The van der Waals surface area contributed by atoms with E-state index in [9.17, 15) is 4.79 Å². The van der Waals surface area contributed by atoms with Gasteiger partial charge in [-0.2, -0.15) is 0 Å². The molecule has 0 atom stereocenters. The van der Waals surface area contributed by atoms with E-state index in [2.05, 4.69) is 40.9 Å². The summed E-state index contributed by atoms with van der Waals surface area (Å²) in [4.78, 5) is 14.2. The molecule has 1 aromatic carbocycles. The first kappa shape index (κ1) is 16.2. The van der Waals surface area contributed by atoms with Gasteiger partial charge in [-0.3, -0.25) is 4.79 Å². The molecule has 0 saturated heterocycles. The fourth-order valence-electron chi connectivity index (χ4n) is 1.84. The summed E-state index contributed by atoms with van der Waals surface area (Å²) in [5.41, 5.74) is 0.981. The third-order valence-electron chi connectivity index (χ3n) is 3.01. The van der Waals surface area contributed by atoms with Gasteiger partial charge in [0.05, 0.1) is 4.88 Å². The van der Waals surface area contributed by atoms with Crippen molar-refractivity contribution >= 4 is 45.4 Å². The average molecular weight is 411 g/mol. The van der Waals surface area contributed by atoms with Gasteiger partial charge in [-0.15, -0.1) is 11.3 Å². The molecule has 21 heavy (non-hydrogen) atoms. The minimum Gasteiger partial charge on any atom is -0.362 e. The molecular weight excluding hydrogens is 393 g/mol. The van der Waals surface area contributed by atoms with Gasteiger partial charge in [0.1, 0.15) is 0 Å². The molecule has 0 aliphatic rings. The van der Waals surface area contributed by atoms with Gasteiger partial charge in [-0.05, 0) is 71.8 Å². The number of ketones is 1. The van der Waals surface area contributed by atoms with Crippen molar-refractivity contribution in [3.8, 4) is 0 Å². The van der Waals surface area contributed by atoms with Crippen LogP contribution in [0.3, 0.4) is 0 Å². The van der Waals surface area contributed by atoms with Gasteiger partial charge in [-0.25, -0.2) is 0 Å². The van der Waals surface area contributed by atoms with Crippen molar-refractivity contribution in [2.45, 2.75) is 26.2 Å². The van der Waals surface area contributed by atoms with E-state index in [-0.39, 0.29) is 5.78 Å². The Labute approximate surface area is 143 Å². The third-order valence-corrected chi connectivity index (χ3v) is 4.89. The second-order valence-corrected chi connectivity index (χ2v) is 7.13. The summed E-state index contributed by atoms with van der Waals surface area (Å²) < 4.78 is 1.19. The van der Waals surface area contributed by atoms with Crippen molar-refractivity contribution in [1.82, 2.24) is 0 Å². The molecule has 0 radical (unpaired) electrons. The maximum Gasteiger partial charge on any atom is 0.197 e. The molecule has 1 N–H and O–H groups in total. The summed E-state index contributed by atoms with van der Waals surface area (Å²) in [6.45, 7) is 2.18. The van der Waals surface area contributed by atoms with E-state index in [1.807, 2.05) is 30.3 Å². The zero-order chi connectivity index (χ0) is 15.1. The second-order valence-electron chi connectivity index (χ2n) is 4.72. The van der Waals surface area contributed by atoms with E-state index in [0.29, 0.717) is 0 Å². The van der Waals surface area contributed by atoms with E-state index < -0.39 is 0 Å². The fourth-order valence-corrected chi connectivity index (χ4v) is 3.17. The Morgan fingerprint density at radius 2 is 2.00 bits per heavy atom. The van der Waals surface area contributed by atoms with E-state index in [1.165, 1.54) is 21.3 Å². The smallest absolute Gasteiger partial charge is 0.197 e. The monoisotopic (exact) mass is 411 g/mol. The Hall–Kier alpha value is -1.14. The minimum absolute atomic E-state index is 0.0563. The van der Waals surface area contributed by atoms with E-state index >= 15 is 0 Å². The van der Waals surface area contributed by atoms with Crippen LogP contribution in [-0.4, -0.2) is 5.78 Å². The zero-order valence-corrected chi connectivity index (χ0v) is 14.9. The number of nitrogens with one attached hydrogen (secondary N) is 1. The molecule has 2 rings (SSSR count). The van der Waals surface area contributed by atoms with Gasteiger partial charge in [0.2, 0.25) is 0 Å². The number of allylic oxidation sites excluding steroid dienone is 1. The molecule has 0 unspecified atom stereocenters. The number of carbonyl (C=O) groups excluding carboxylic acids is 1. The van der Waals surface area contributed by atoms with Crippen LogP contribution in [0.4, 0.5) is 5.69 Å². The Morgan fingerprint density at radius 3 is 2.71 bits per heavy atom. The molecule has 0 amide bonds. The number of aryl methyl sites for hydroxylation is 1. The topological polar surface area (TPSA) is 29.1 Å². The molecule has 1 aromatic heterocycles. The van der Waals surface area contributed by atoms with Crippen LogP contribution in [0, 0.1) is 3.57 Å². The number of hydrogen-bond donors (Lipinski definition) is 1. The molecule has 1 heterocycles. The molecule has 0 bridgehead atoms. The van der Waals surface area contributed by atoms with Gasteiger partial charge in [0.15, 0.2) is 5.78 Å². The number of halogens is 1. The third kappa shape index (κ3) is 5.28. The van der Waals surface area contributed by atoms with Gasteiger partial charge in [0, 0.05) is 26.4 Å². The standard InChI is InChI=1S/C17H18INOS/c1-2-3-4-15-9-10-17(21-15)16(20)11-12-19-14-7-5-13(18)6-8-14/h5-12,19H,2-4H2,1H3/b12-11-. The Bertz CT molecular complexity index is 616. The summed E-state index contributed by atoms with van der Waals surface area (Å²) in [6, 6.07) is 12.0. The lowest BCUT2D eigenvalue weighted by Crippen LogP contribution is -1.93. The number of unbranched alkanes of at least 4 members (excludes halogenated alkanes) is 1. The summed E-state index contributed by atoms with van der Waals surface area (Å²) >= 11 is 3.87. The average Bonchev–Trinajstić information content (AvgIpc) is 2.96. The first-order chi connectivity index (χ1) is 10.2. The van der Waals surface area contributed by atoms with E-state index in [4.69, 9.17) is 0 Å². The zero-order valence-electron chi connectivity index (χ0n) is 11.9. The Balaban J connectivity index is 1.89. The normalized spacial score (nSPS) is 11.0. The molecule has 2 nitrogen and oxygen atoms in total. The van der Waals surface area contributed by atoms with Crippen molar-refractivity contribution in [2.75, 3.05) is 5.32 Å². The van der Waals surface area contributed by atoms with Crippen LogP contribution in [-0.2, 0) is 6.42 Å². The van der Waals surface area contributed by atoms with E-state index in [0.717, 1.165) is 17.0 Å². The number of hydrogen-bond acceptors (Lipinski definition) is 3. The molecule has 4 heteroatoms. The summed E-state index contributed by atoms with van der Waals surface area (Å²) in [5.74, 6) is 0.0563. The largest absolute Gasteiger partial charge is 0.362 e. The first-order valence-corrected chi connectivity index (χ1v) is 8.90. The highest BCUT2D eigenvalue weighted by Crippen LogP contribution is 2.19. The molecule has 2 aromatic rings. The highest BCUT2D eigenvalue weighted by atomic mass is 127. The van der Waals surface area contributed by atoms with Crippen LogP contribution in [0.25, 0.3) is 0 Å². The Kier molecular flexibility index (Phi) is 6.45. The van der Waals surface area contributed by atoms with Gasteiger partial charge < -0.3 is 5.32 Å². The molecule has 110 valence electrons. The van der Waals surface area contributed by atoms with Crippen LogP contribution in [0.5, 0.6) is 0 Å². The molecular formula is C17H18INOS. The maximum atomic E-state index is 12.1. The highest BCUT2D eigenvalue weighted by molar-refractivity contribution is 14.1. The van der Waals surface area contributed by atoms with Crippen LogP contribution < -0.4 is 5.32 Å². The molecule has 0 fully saturated rings. The van der Waals surface area contributed by atoms with Crippen LogP contribution in [0.2, 0.25) is 0 Å². The van der Waals surface area contributed by atoms with Crippen molar-refractivity contribution in [1.29, 1.82) is 0 Å². The van der Waals surface area contributed by atoms with Crippen molar-refractivity contribution in [3.05, 3.63) is 62.0 Å². The summed E-state index contributed by atoms with van der Waals surface area (Å²) in [5, 5.41) is 3.11. The predicted octanol–water partition coefficient (Wildman–Crippen LogP) is 5.50. The predicted molar refractivity (Wildman–Crippen MR) is 99.2 cm³/mol. The molecule has 0 aliphatic heterocycles. The van der Waals surface area contributed by atoms with Gasteiger partial charge in [0.25, 0.3) is 0 Å². The van der Waals surface area contributed by atoms with Gasteiger partial charge >= 0.3 is 0 Å². The quantitative estimate of drug-likeness (QED) is 0.370. The molecule has 0 aliphatic carbocycles. The lowest BCUT2D eigenvalue weighted by Gasteiger charge is -1.99. The second kappa shape index (κ2) is 8.34. The molecule has 0 saturated carbocycles. The lowest BCUT2D eigenvalue weighted by atomic mass is 10.2. The minimum atomic E-state index is 0.0563. The van der Waals surface area contributed by atoms with Gasteiger partial charge in [-0.1, -0.05) is 13.3 Å². The fraction of sp³-hybridized carbons (Fsp3) is 0.235. The van der Waals surface area contributed by atoms with Crippen molar-refractivity contribution in [3.63, 3.8) is 0 Å². The lowest BCUT2D eigenvalue weighted by molar-refractivity contribution is 0.105. The summed E-state index contributed by atoms with van der Waals surface area (Å²) in [7, 11) is 0. The van der Waals surface area contributed by atoms with E-state index in [1.54, 1.807) is 23.6 Å². The van der Waals surface area contributed by atoms with Crippen LogP contribution in [0.15, 0.2) is 48.7 Å². The number of anilines is 1. The van der Waals surface area contributed by atoms with Crippen LogP contribution >= 0.6 is 33.9 Å². The first-order valence-electron chi connectivity index (χ1n) is 7.00. The highest BCUT2D eigenvalue weighted by Gasteiger charge is 2.05. The Morgan fingerprint density at radius 1 is 1.24 bits per heavy atom. The van der Waals surface area contributed by atoms with Crippen LogP contribution in [0.1, 0.15) is 34.3 Å².